The van der Waals surface area contributed by atoms with E-state index in [1.54, 1.807) is 20.8 Å². The number of carboxylic acid groups (broad SMARTS) is 1. The number of aromatic nitrogens is 2. The summed E-state index contributed by atoms with van der Waals surface area (Å²) < 4.78 is 60.5. The molecule has 258 valence electrons. The molecule has 0 unspecified atom stereocenters. The van der Waals surface area contributed by atoms with E-state index in [0.717, 1.165) is 4.57 Å². The van der Waals surface area contributed by atoms with E-state index in [1.807, 2.05) is 0 Å². The summed E-state index contributed by atoms with van der Waals surface area (Å²) in [5.74, 6) is -6.29. The summed E-state index contributed by atoms with van der Waals surface area (Å²) in [4.78, 5) is 61.6. The van der Waals surface area contributed by atoms with E-state index in [2.05, 4.69) is 15.4 Å². The lowest BCUT2D eigenvalue weighted by molar-refractivity contribution is -0.139. The number of aliphatic carboxylic acids is 1. The van der Waals surface area contributed by atoms with Crippen molar-refractivity contribution in [1.82, 2.24) is 19.8 Å². The predicted molar refractivity (Wildman–Crippen MR) is 175 cm³/mol. The minimum atomic E-state index is -4.41. The number of amides is 2. The number of hydrogen-bond acceptors (Lipinski definition) is 7. The average Bonchev–Trinajstić information content (AvgIpc) is 2.98. The van der Waals surface area contributed by atoms with Crippen molar-refractivity contribution >= 4 is 33.5 Å². The van der Waals surface area contributed by atoms with Crippen molar-refractivity contribution in [2.45, 2.75) is 50.6 Å². The molecular formula is C33H33F2N5O8S. The van der Waals surface area contributed by atoms with Crippen LogP contribution in [0.5, 0.6) is 0 Å². The Hall–Kier alpha value is -5.64. The van der Waals surface area contributed by atoms with Crippen molar-refractivity contribution in [1.29, 1.82) is 0 Å². The van der Waals surface area contributed by atoms with Crippen LogP contribution in [0.2, 0.25) is 0 Å². The van der Waals surface area contributed by atoms with Gasteiger partial charge < -0.3 is 20.3 Å². The Labute approximate surface area is 279 Å². The maximum absolute atomic E-state index is 15.1. The zero-order chi connectivity index (χ0) is 36.4. The molecule has 0 aliphatic heterocycles. The van der Waals surface area contributed by atoms with Gasteiger partial charge in [0.1, 0.15) is 23.2 Å². The van der Waals surface area contributed by atoms with Crippen LogP contribution in [-0.4, -0.2) is 52.0 Å². The molecule has 3 aromatic carbocycles. The fourth-order valence-corrected chi connectivity index (χ4v) is 6.08. The zero-order valence-electron chi connectivity index (χ0n) is 27.0. The van der Waals surface area contributed by atoms with Crippen LogP contribution >= 0.6 is 0 Å². The summed E-state index contributed by atoms with van der Waals surface area (Å²) in [6.45, 7) is 6.78. The van der Waals surface area contributed by atoms with Crippen LogP contribution in [0.4, 0.5) is 14.5 Å². The Kier molecular flexibility index (Phi) is 10.2. The molecule has 2 amide bonds. The van der Waals surface area contributed by atoms with Crippen LogP contribution < -0.4 is 26.6 Å². The van der Waals surface area contributed by atoms with Gasteiger partial charge in [-0.05, 0) is 81.3 Å². The lowest BCUT2D eigenvalue weighted by Gasteiger charge is -2.21. The van der Waals surface area contributed by atoms with Crippen LogP contribution in [0, 0.1) is 18.6 Å². The van der Waals surface area contributed by atoms with E-state index in [4.69, 9.17) is 0 Å². The molecule has 4 rings (SSSR count). The SMILES string of the molecule is Cc1cc(C(=O)NC(C)(C)C)ccc1S(=O)(=O)Nc1cc(F)c(C(=O)N[C@@H](Cc2ccc(-n3c(=O)ccn(C)c3=O)cc2)C(=O)O)c(F)c1. The summed E-state index contributed by atoms with van der Waals surface area (Å²) in [6.07, 6.45) is 0.978. The number of sulfonamides is 1. The number of anilines is 1. The summed E-state index contributed by atoms with van der Waals surface area (Å²) >= 11 is 0. The Morgan fingerprint density at radius 3 is 2.08 bits per heavy atom. The molecular weight excluding hydrogens is 664 g/mol. The number of halogens is 2. The Morgan fingerprint density at radius 2 is 1.53 bits per heavy atom. The van der Waals surface area contributed by atoms with Gasteiger partial charge in [-0.15, -0.1) is 0 Å². The van der Waals surface area contributed by atoms with Crippen molar-refractivity contribution in [2.24, 2.45) is 7.05 Å². The molecule has 13 nitrogen and oxygen atoms in total. The summed E-state index contributed by atoms with van der Waals surface area (Å²) in [6, 6.07) is 10.1. The van der Waals surface area contributed by atoms with Crippen LogP contribution in [0.3, 0.4) is 0 Å². The van der Waals surface area contributed by atoms with Crippen LogP contribution in [0.1, 0.15) is 52.6 Å². The van der Waals surface area contributed by atoms with E-state index < -0.39 is 73.5 Å². The van der Waals surface area contributed by atoms with Gasteiger partial charge in [-0.1, -0.05) is 12.1 Å². The number of carbonyl (C=O) groups excluding carboxylic acids is 2. The maximum Gasteiger partial charge on any atom is 0.335 e. The molecule has 0 aliphatic carbocycles. The second kappa shape index (κ2) is 13.8. The number of carboxylic acids is 1. The fourth-order valence-electron chi connectivity index (χ4n) is 4.81. The van der Waals surface area contributed by atoms with Gasteiger partial charge in [-0.2, -0.15) is 0 Å². The van der Waals surface area contributed by atoms with E-state index in [1.165, 1.54) is 73.3 Å². The van der Waals surface area contributed by atoms with Gasteiger partial charge >= 0.3 is 11.7 Å². The van der Waals surface area contributed by atoms with Gasteiger partial charge in [0.2, 0.25) is 0 Å². The fraction of sp³-hybridized carbons (Fsp3) is 0.242. The highest BCUT2D eigenvalue weighted by Gasteiger charge is 2.27. The highest BCUT2D eigenvalue weighted by Crippen LogP contribution is 2.24. The smallest absolute Gasteiger partial charge is 0.335 e. The standard InChI is InChI=1S/C33H33F2N5O8S/c1-18-14-20(29(42)37-33(2,3)4)8-11-26(18)49(47,48)38-21-16-23(34)28(24(35)17-21)30(43)36-25(31(44)45)15-19-6-9-22(10-7-19)40-27(41)12-13-39(5)32(40)46/h6-14,16-17,25,38H,15H2,1-5H3,(H,36,43)(H,37,42)(H,44,45)/t25-/m0/s1. The summed E-state index contributed by atoms with van der Waals surface area (Å²) in [5, 5.41) is 14.5. The molecule has 16 heteroatoms. The molecule has 0 bridgehead atoms. The third-order valence-corrected chi connectivity index (χ3v) is 8.67. The minimum absolute atomic E-state index is 0.179. The molecule has 1 atom stereocenters. The number of nitrogens with one attached hydrogen (secondary N) is 3. The average molecular weight is 698 g/mol. The molecule has 0 radical (unpaired) electrons. The van der Waals surface area contributed by atoms with Crippen molar-refractivity contribution in [2.75, 3.05) is 4.72 Å². The van der Waals surface area contributed by atoms with E-state index >= 15 is 8.78 Å². The quantitative estimate of drug-likeness (QED) is 0.195. The number of nitrogens with zero attached hydrogens (tertiary/aromatic N) is 2. The maximum atomic E-state index is 15.1. The third kappa shape index (κ3) is 8.45. The number of carbonyl (C=O) groups is 3. The topological polar surface area (TPSA) is 186 Å². The van der Waals surface area contributed by atoms with Crippen molar-refractivity contribution in [3.8, 4) is 5.69 Å². The lowest BCUT2D eigenvalue weighted by atomic mass is 10.0. The first kappa shape index (κ1) is 36.2. The van der Waals surface area contributed by atoms with E-state index in [-0.39, 0.29) is 28.1 Å². The second-order valence-electron chi connectivity index (χ2n) is 12.2. The van der Waals surface area contributed by atoms with E-state index in [9.17, 15) is 37.5 Å². The molecule has 0 saturated carbocycles. The van der Waals surface area contributed by atoms with Gasteiger partial charge in [0.25, 0.3) is 27.4 Å². The molecule has 4 N–H and O–H groups in total. The first-order chi connectivity index (χ1) is 22.8. The summed E-state index contributed by atoms with van der Waals surface area (Å²) in [7, 11) is -2.95. The van der Waals surface area contributed by atoms with Crippen LogP contribution in [0.25, 0.3) is 5.69 Å². The van der Waals surface area contributed by atoms with Crippen molar-refractivity contribution < 1.29 is 36.7 Å². The Morgan fingerprint density at radius 1 is 0.918 bits per heavy atom. The first-order valence-electron chi connectivity index (χ1n) is 14.6. The van der Waals surface area contributed by atoms with Gasteiger partial charge in [-0.25, -0.2) is 31.4 Å². The highest BCUT2D eigenvalue weighted by molar-refractivity contribution is 7.92. The van der Waals surface area contributed by atoms with Gasteiger partial charge in [0.15, 0.2) is 0 Å². The van der Waals surface area contributed by atoms with Crippen LogP contribution in [-0.2, 0) is 28.3 Å². The molecule has 0 aliphatic rings. The number of aryl methyl sites for hydroxylation is 2. The zero-order valence-corrected chi connectivity index (χ0v) is 27.8. The molecule has 1 heterocycles. The van der Waals surface area contributed by atoms with Gasteiger partial charge in [0.05, 0.1) is 16.3 Å². The monoisotopic (exact) mass is 697 g/mol. The molecule has 49 heavy (non-hydrogen) atoms. The number of hydrogen-bond donors (Lipinski definition) is 4. The van der Waals surface area contributed by atoms with Crippen LogP contribution in [0.15, 0.2) is 81.3 Å². The number of rotatable bonds is 10. The molecule has 0 saturated heterocycles. The van der Waals surface area contributed by atoms with E-state index in [0.29, 0.717) is 17.7 Å². The van der Waals surface area contributed by atoms with Gasteiger partial charge in [0, 0.05) is 36.8 Å². The molecule has 4 aromatic rings. The Bertz CT molecular complexity index is 2170. The predicted octanol–water partition coefficient (Wildman–Crippen LogP) is 2.88. The van der Waals surface area contributed by atoms with Gasteiger partial charge in [-0.3, -0.25) is 19.1 Å². The molecule has 0 spiro atoms. The van der Waals surface area contributed by atoms with Crippen molar-refractivity contribution in [3.05, 3.63) is 122 Å². The van der Waals surface area contributed by atoms with Crippen molar-refractivity contribution in [3.63, 3.8) is 0 Å². The molecule has 0 fully saturated rings. The molecule has 1 aromatic heterocycles. The normalized spacial score (nSPS) is 12.2. The first-order valence-corrected chi connectivity index (χ1v) is 16.1. The highest BCUT2D eigenvalue weighted by atomic mass is 32.2. The minimum Gasteiger partial charge on any atom is -0.480 e. The second-order valence-corrected chi connectivity index (χ2v) is 13.9. The Balaban J connectivity index is 1.50. The summed E-state index contributed by atoms with van der Waals surface area (Å²) in [5.41, 5.74) is -2.48. The third-order valence-electron chi connectivity index (χ3n) is 7.13. The lowest BCUT2D eigenvalue weighted by Crippen LogP contribution is -2.43. The largest absolute Gasteiger partial charge is 0.480 e. The number of benzene rings is 3.